The van der Waals surface area contributed by atoms with Gasteiger partial charge in [0.15, 0.2) is 0 Å². The molecule has 2 aromatic rings. The van der Waals surface area contributed by atoms with E-state index in [1.165, 1.54) is 5.56 Å². The van der Waals surface area contributed by atoms with Crippen molar-refractivity contribution < 1.29 is 24.2 Å². The van der Waals surface area contributed by atoms with Crippen molar-refractivity contribution in [2.24, 2.45) is 0 Å². The fourth-order valence-electron chi connectivity index (χ4n) is 4.52. The molecule has 1 aliphatic carbocycles. The van der Waals surface area contributed by atoms with Gasteiger partial charge in [0.05, 0.1) is 11.1 Å². The number of benzene rings is 2. The van der Waals surface area contributed by atoms with Crippen molar-refractivity contribution >= 4 is 11.9 Å². The second-order valence-electron chi connectivity index (χ2n) is 9.15. The van der Waals surface area contributed by atoms with E-state index >= 15 is 0 Å². The lowest BCUT2D eigenvalue weighted by molar-refractivity contribution is -0.140. The number of aromatic carboxylic acids is 1. The lowest BCUT2D eigenvalue weighted by Crippen LogP contribution is -2.62. The smallest absolute Gasteiger partial charge is 0.335 e. The van der Waals surface area contributed by atoms with Crippen LogP contribution in [0.25, 0.3) is 0 Å². The Morgan fingerprint density at radius 1 is 1.03 bits per heavy atom. The number of carboxylic acid groups (broad SMARTS) is 1. The molecule has 2 fully saturated rings. The average Bonchev–Trinajstić information content (AvgIpc) is 3.61. The van der Waals surface area contributed by atoms with Crippen LogP contribution in [0.5, 0.6) is 5.75 Å². The van der Waals surface area contributed by atoms with Gasteiger partial charge >= 0.3 is 5.97 Å². The van der Waals surface area contributed by atoms with E-state index in [0.717, 1.165) is 24.2 Å². The Balaban J connectivity index is 1.43. The van der Waals surface area contributed by atoms with Gasteiger partial charge in [-0.2, -0.15) is 0 Å². The molecule has 0 radical (unpaired) electrons. The van der Waals surface area contributed by atoms with Crippen LogP contribution < -0.4 is 10.1 Å². The number of carbonyl (C=O) groups excluding carboxylic acids is 1. The van der Waals surface area contributed by atoms with Gasteiger partial charge in [0.2, 0.25) is 5.91 Å². The minimum atomic E-state index is -0.953. The van der Waals surface area contributed by atoms with Crippen LogP contribution in [0, 0.1) is 6.92 Å². The summed E-state index contributed by atoms with van der Waals surface area (Å²) < 4.78 is 11.5. The highest BCUT2D eigenvalue weighted by Crippen LogP contribution is 2.46. The first-order valence-electron chi connectivity index (χ1n) is 11.5. The Bertz CT molecular complexity index is 977. The summed E-state index contributed by atoms with van der Waals surface area (Å²) >= 11 is 0. The van der Waals surface area contributed by atoms with Crippen molar-refractivity contribution in [3.05, 3.63) is 65.2 Å². The fraction of sp³-hybridized carbons (Fsp3) is 0.462. The predicted molar refractivity (Wildman–Crippen MR) is 125 cm³/mol. The first-order chi connectivity index (χ1) is 15.8. The third-order valence-corrected chi connectivity index (χ3v) is 6.98. The van der Waals surface area contributed by atoms with E-state index in [4.69, 9.17) is 14.6 Å². The summed E-state index contributed by atoms with van der Waals surface area (Å²) in [6, 6.07) is 14.8. The Morgan fingerprint density at radius 2 is 1.67 bits per heavy atom. The highest BCUT2D eigenvalue weighted by Gasteiger charge is 2.51. The molecule has 33 heavy (non-hydrogen) atoms. The molecule has 0 bridgehead atoms. The lowest BCUT2D eigenvalue weighted by Gasteiger charge is -2.43. The van der Waals surface area contributed by atoms with Gasteiger partial charge in [-0.15, -0.1) is 0 Å². The molecule has 1 saturated heterocycles. The van der Waals surface area contributed by atoms with E-state index in [2.05, 4.69) is 10.2 Å². The topological polar surface area (TPSA) is 88.1 Å². The SMILES string of the molecule is Cc1ccc(OCCN(C)C2(C(=O)NC3(c4ccc(C(=O)O)cc4)CC3)CCOCC2)cc1. The van der Waals surface area contributed by atoms with Gasteiger partial charge in [-0.3, -0.25) is 9.69 Å². The van der Waals surface area contributed by atoms with Crippen molar-refractivity contribution in [1.29, 1.82) is 0 Å². The van der Waals surface area contributed by atoms with Crippen LogP contribution in [0.1, 0.15) is 47.2 Å². The number of amides is 1. The molecule has 0 atom stereocenters. The van der Waals surface area contributed by atoms with Crippen LogP contribution in [-0.4, -0.2) is 60.8 Å². The molecule has 1 aliphatic heterocycles. The molecule has 2 N–H and O–H groups in total. The standard InChI is InChI=1S/C26H32N2O5/c1-19-3-9-22(10-4-19)33-18-15-28(2)26(13-16-32-17-14-26)24(31)27-25(11-12-25)21-7-5-20(6-8-21)23(29)30/h3-10H,11-18H2,1-2H3,(H,27,31)(H,29,30). The molecule has 0 unspecified atom stereocenters. The quantitative estimate of drug-likeness (QED) is 0.607. The number of nitrogens with one attached hydrogen (secondary N) is 1. The van der Waals surface area contributed by atoms with Crippen LogP contribution in [-0.2, 0) is 15.1 Å². The number of carbonyl (C=O) groups is 2. The molecular weight excluding hydrogens is 420 g/mol. The van der Waals surface area contributed by atoms with E-state index in [1.54, 1.807) is 12.1 Å². The molecule has 0 spiro atoms. The summed E-state index contributed by atoms with van der Waals surface area (Å²) in [5, 5.41) is 12.5. The van der Waals surface area contributed by atoms with Crippen molar-refractivity contribution in [1.82, 2.24) is 10.2 Å². The number of likely N-dealkylation sites (N-methyl/N-ethyl adjacent to an activating group) is 1. The van der Waals surface area contributed by atoms with Crippen LogP contribution in [0.15, 0.2) is 48.5 Å². The molecule has 1 amide bonds. The lowest BCUT2D eigenvalue weighted by atomic mass is 9.86. The van der Waals surface area contributed by atoms with E-state index < -0.39 is 17.0 Å². The second-order valence-corrected chi connectivity index (χ2v) is 9.15. The number of ether oxygens (including phenoxy) is 2. The summed E-state index contributed by atoms with van der Waals surface area (Å²) in [7, 11) is 1.98. The second kappa shape index (κ2) is 9.53. The van der Waals surface area contributed by atoms with Gasteiger partial charge in [-0.25, -0.2) is 4.79 Å². The summed E-state index contributed by atoms with van der Waals surface area (Å²) in [5.74, 6) is -0.129. The molecule has 0 aromatic heterocycles. The molecule has 1 heterocycles. The zero-order chi connectivity index (χ0) is 23.5. The summed E-state index contributed by atoms with van der Waals surface area (Å²) in [6.45, 7) is 4.21. The van der Waals surface area contributed by atoms with Gasteiger partial charge in [0, 0.05) is 19.8 Å². The molecule has 4 rings (SSSR count). The largest absolute Gasteiger partial charge is 0.492 e. The predicted octanol–water partition coefficient (Wildman–Crippen LogP) is 3.36. The highest BCUT2D eigenvalue weighted by atomic mass is 16.5. The van der Waals surface area contributed by atoms with E-state index in [9.17, 15) is 9.59 Å². The first-order valence-corrected chi connectivity index (χ1v) is 11.5. The molecule has 176 valence electrons. The number of hydrogen-bond acceptors (Lipinski definition) is 5. The van der Waals surface area contributed by atoms with Gasteiger partial charge in [0.25, 0.3) is 0 Å². The van der Waals surface area contributed by atoms with E-state index in [0.29, 0.717) is 39.2 Å². The van der Waals surface area contributed by atoms with Gasteiger partial charge in [0.1, 0.15) is 17.9 Å². The molecule has 1 saturated carbocycles. The number of rotatable bonds is 9. The molecule has 7 heteroatoms. The Labute approximate surface area is 194 Å². The van der Waals surface area contributed by atoms with Crippen molar-refractivity contribution in [2.45, 2.75) is 43.7 Å². The maximum Gasteiger partial charge on any atom is 0.335 e. The zero-order valence-corrected chi connectivity index (χ0v) is 19.3. The maximum atomic E-state index is 13.7. The number of hydrogen-bond donors (Lipinski definition) is 2. The van der Waals surface area contributed by atoms with Gasteiger partial charge < -0.3 is 19.9 Å². The molecule has 2 aromatic carbocycles. The summed E-state index contributed by atoms with van der Waals surface area (Å²) in [6.07, 6.45) is 2.93. The number of carboxylic acids is 1. The minimum absolute atomic E-state index is 0.00319. The Hall–Kier alpha value is -2.90. The Kier molecular flexibility index (Phi) is 6.72. The van der Waals surface area contributed by atoms with Crippen LogP contribution in [0.4, 0.5) is 0 Å². The summed E-state index contributed by atoms with van der Waals surface area (Å²) in [5.41, 5.74) is 1.30. The molecular formula is C26H32N2O5. The third kappa shape index (κ3) is 5.04. The monoisotopic (exact) mass is 452 g/mol. The molecule has 7 nitrogen and oxygen atoms in total. The van der Waals surface area contributed by atoms with Crippen LogP contribution in [0.2, 0.25) is 0 Å². The van der Waals surface area contributed by atoms with Crippen molar-refractivity contribution in [3.63, 3.8) is 0 Å². The Morgan fingerprint density at radius 3 is 2.24 bits per heavy atom. The van der Waals surface area contributed by atoms with Crippen LogP contribution >= 0.6 is 0 Å². The van der Waals surface area contributed by atoms with Gasteiger partial charge in [-0.1, -0.05) is 29.8 Å². The van der Waals surface area contributed by atoms with Crippen LogP contribution in [0.3, 0.4) is 0 Å². The van der Waals surface area contributed by atoms with Crippen molar-refractivity contribution in [2.75, 3.05) is 33.4 Å². The average molecular weight is 453 g/mol. The van der Waals surface area contributed by atoms with E-state index in [-0.39, 0.29) is 11.5 Å². The third-order valence-electron chi connectivity index (χ3n) is 6.98. The molecule has 2 aliphatic rings. The number of nitrogens with zero attached hydrogens (tertiary/aromatic N) is 1. The fourth-order valence-corrected chi connectivity index (χ4v) is 4.52. The minimum Gasteiger partial charge on any atom is -0.492 e. The zero-order valence-electron chi connectivity index (χ0n) is 19.3. The summed E-state index contributed by atoms with van der Waals surface area (Å²) in [4.78, 5) is 27.0. The highest BCUT2D eigenvalue weighted by molar-refractivity contribution is 5.88. The first kappa shape index (κ1) is 23.3. The van der Waals surface area contributed by atoms with Crippen molar-refractivity contribution in [3.8, 4) is 5.75 Å². The maximum absolute atomic E-state index is 13.7. The number of aryl methyl sites for hydroxylation is 1. The van der Waals surface area contributed by atoms with Gasteiger partial charge in [-0.05, 0) is 69.5 Å². The van der Waals surface area contributed by atoms with E-state index in [1.807, 2.05) is 50.4 Å². The normalized spacial score (nSPS) is 18.5.